The molecule has 2 aliphatic heterocycles. The van der Waals surface area contributed by atoms with Crippen LogP contribution in [0, 0.1) is 11.8 Å². The van der Waals surface area contributed by atoms with Crippen molar-refractivity contribution < 1.29 is 27.8 Å². The molecule has 1 aliphatic carbocycles. The largest absolute Gasteiger partial charge is 0.416 e. The maximum Gasteiger partial charge on any atom is 0.416 e. The first kappa shape index (κ1) is 24.8. The Morgan fingerprint density at radius 3 is 2.39 bits per heavy atom. The van der Waals surface area contributed by atoms with Crippen molar-refractivity contribution in [3.63, 3.8) is 0 Å². The molecule has 2 N–H and O–H groups in total. The van der Waals surface area contributed by atoms with Crippen LogP contribution in [0.2, 0.25) is 0 Å². The Labute approximate surface area is 206 Å². The average molecular weight is 507 g/mol. The van der Waals surface area contributed by atoms with Crippen molar-refractivity contribution in [3.8, 4) is 11.3 Å². The van der Waals surface area contributed by atoms with Gasteiger partial charge in [-0.2, -0.15) is 18.3 Å². The number of nitrogens with zero attached hydrogens (tertiary/aromatic N) is 5. The van der Waals surface area contributed by atoms with E-state index in [1.807, 2.05) is 4.90 Å². The highest BCUT2D eigenvalue weighted by atomic mass is 19.4. The second kappa shape index (κ2) is 10.3. The number of aromatic nitrogens is 3. The first-order valence-electron chi connectivity index (χ1n) is 12.2. The monoisotopic (exact) mass is 506 g/mol. The van der Waals surface area contributed by atoms with E-state index in [-0.39, 0.29) is 29.9 Å². The number of nitrogens with one attached hydrogen (secondary N) is 1. The van der Waals surface area contributed by atoms with Gasteiger partial charge in [0.2, 0.25) is 11.9 Å². The Kier molecular flexibility index (Phi) is 7.09. The summed E-state index contributed by atoms with van der Waals surface area (Å²) in [4.78, 5) is 21.2. The zero-order chi connectivity index (χ0) is 25.3. The van der Waals surface area contributed by atoms with Crippen molar-refractivity contribution in [2.45, 2.75) is 31.2 Å². The summed E-state index contributed by atoms with van der Waals surface area (Å²) >= 11 is 0. The zero-order valence-corrected chi connectivity index (χ0v) is 19.7. The molecule has 0 radical (unpaired) electrons. The molecule has 2 unspecified atom stereocenters. The lowest BCUT2D eigenvalue weighted by Gasteiger charge is -2.43. The normalized spacial score (nSPS) is 27.1. The molecule has 1 saturated carbocycles. The van der Waals surface area contributed by atoms with Gasteiger partial charge in [0.25, 0.3) is 0 Å². The van der Waals surface area contributed by atoms with E-state index in [2.05, 4.69) is 25.4 Å². The summed E-state index contributed by atoms with van der Waals surface area (Å²) in [7, 11) is 0. The predicted octanol–water partition coefficient (Wildman–Crippen LogP) is 1.58. The van der Waals surface area contributed by atoms with Crippen LogP contribution < -0.4 is 10.2 Å². The minimum atomic E-state index is -4.39. The lowest BCUT2D eigenvalue weighted by atomic mass is 9.75. The van der Waals surface area contributed by atoms with Crippen LogP contribution in [0.1, 0.15) is 18.4 Å². The van der Waals surface area contributed by atoms with Crippen LogP contribution >= 0.6 is 0 Å². The number of hydrogen-bond donors (Lipinski definition) is 2. The number of aliphatic hydroxyl groups is 1. The fourth-order valence-electron chi connectivity index (χ4n) is 5.29. The van der Waals surface area contributed by atoms with Crippen LogP contribution in [0.25, 0.3) is 11.3 Å². The van der Waals surface area contributed by atoms with Crippen LogP contribution in [0.5, 0.6) is 0 Å². The van der Waals surface area contributed by atoms with Gasteiger partial charge in [0.15, 0.2) is 0 Å². The molecule has 3 fully saturated rings. The van der Waals surface area contributed by atoms with Crippen LogP contribution in [0.15, 0.2) is 30.5 Å². The van der Waals surface area contributed by atoms with Gasteiger partial charge in [-0.25, -0.2) is 4.98 Å². The molecule has 36 heavy (non-hydrogen) atoms. The Morgan fingerprint density at radius 2 is 1.75 bits per heavy atom. The molecule has 1 aromatic carbocycles. The van der Waals surface area contributed by atoms with Gasteiger partial charge >= 0.3 is 6.18 Å². The molecule has 1 aromatic heterocycles. The van der Waals surface area contributed by atoms with Gasteiger partial charge in [-0.3, -0.25) is 9.69 Å². The minimum Gasteiger partial charge on any atom is -0.392 e. The quantitative estimate of drug-likeness (QED) is 0.630. The Morgan fingerprint density at radius 1 is 1.08 bits per heavy atom. The summed E-state index contributed by atoms with van der Waals surface area (Å²) in [5.74, 6) is 0.550. The number of benzene rings is 1. The van der Waals surface area contributed by atoms with Crippen molar-refractivity contribution in [1.29, 1.82) is 0 Å². The molecule has 5 rings (SSSR count). The van der Waals surface area contributed by atoms with E-state index in [0.717, 1.165) is 25.0 Å². The molecule has 12 heteroatoms. The van der Waals surface area contributed by atoms with E-state index in [0.29, 0.717) is 63.1 Å². The van der Waals surface area contributed by atoms with E-state index in [9.17, 15) is 23.1 Å². The summed E-state index contributed by atoms with van der Waals surface area (Å²) in [5.41, 5.74) is 0.260. The van der Waals surface area contributed by atoms with E-state index < -0.39 is 11.7 Å². The van der Waals surface area contributed by atoms with Crippen LogP contribution in [-0.4, -0.2) is 89.2 Å². The lowest BCUT2D eigenvalue weighted by molar-refractivity contribution is -0.137. The summed E-state index contributed by atoms with van der Waals surface area (Å²) in [6.45, 7) is 3.87. The number of rotatable bonds is 5. The topological polar surface area (TPSA) is 104 Å². The van der Waals surface area contributed by atoms with Crippen LogP contribution in [0.4, 0.5) is 19.1 Å². The number of piperazine rings is 1. The second-order valence-electron chi connectivity index (χ2n) is 9.76. The molecular weight excluding hydrogens is 477 g/mol. The molecule has 0 spiro atoms. The number of amides is 1. The van der Waals surface area contributed by atoms with Gasteiger partial charge in [0, 0.05) is 49.6 Å². The first-order valence-corrected chi connectivity index (χ1v) is 12.2. The number of aliphatic hydroxyl groups excluding tert-OH is 1. The van der Waals surface area contributed by atoms with Gasteiger partial charge in [-0.1, -0.05) is 12.1 Å². The summed E-state index contributed by atoms with van der Waals surface area (Å²) in [6, 6.07) is 4.86. The highest BCUT2D eigenvalue weighted by molar-refractivity contribution is 5.78. The van der Waals surface area contributed by atoms with Crippen molar-refractivity contribution in [3.05, 3.63) is 36.0 Å². The van der Waals surface area contributed by atoms with Crippen molar-refractivity contribution in [2.24, 2.45) is 11.8 Å². The van der Waals surface area contributed by atoms with E-state index in [1.165, 1.54) is 18.3 Å². The fraction of sp³-hybridized carbons (Fsp3) is 0.583. The maximum absolute atomic E-state index is 12.8. The molecule has 2 bridgehead atoms. The Balaban J connectivity index is 1.12. The Bertz CT molecular complexity index is 1050. The van der Waals surface area contributed by atoms with Gasteiger partial charge in [0.1, 0.15) is 0 Å². The number of hydrogen-bond acceptors (Lipinski definition) is 8. The molecule has 1 amide bonds. The lowest BCUT2D eigenvalue weighted by Crippen LogP contribution is -2.54. The van der Waals surface area contributed by atoms with Gasteiger partial charge in [-0.05, 0) is 25.0 Å². The first-order chi connectivity index (χ1) is 17.3. The standard InChI is InChI=1S/C24H29F3N6O3/c25-24(26,27)18-3-1-15(2-4-18)20-11-28-31-23(30-20)33-7-5-32(6-8-33)12-21(34)29-19-9-16-13-36-14-17(10-19)22(16)35/h1-4,11,16-17,19,22,35H,5-10,12-14H2,(H,29,34). The summed E-state index contributed by atoms with van der Waals surface area (Å²) < 4.78 is 44.0. The van der Waals surface area contributed by atoms with Gasteiger partial charge in [-0.15, -0.1) is 5.10 Å². The molecule has 2 atom stereocenters. The van der Waals surface area contributed by atoms with Crippen molar-refractivity contribution in [2.75, 3.05) is 50.8 Å². The van der Waals surface area contributed by atoms with Gasteiger partial charge in [0.05, 0.1) is 43.3 Å². The molecule has 2 saturated heterocycles. The fourth-order valence-corrected chi connectivity index (χ4v) is 5.29. The van der Waals surface area contributed by atoms with E-state index in [1.54, 1.807) is 0 Å². The third-order valence-corrected chi connectivity index (χ3v) is 7.25. The number of halogens is 3. The maximum atomic E-state index is 12.8. The molecular formula is C24H29F3N6O3. The summed E-state index contributed by atoms with van der Waals surface area (Å²) in [6.07, 6.45) is -1.84. The molecule has 9 nitrogen and oxygen atoms in total. The van der Waals surface area contributed by atoms with E-state index in [4.69, 9.17) is 4.74 Å². The molecule has 3 heterocycles. The zero-order valence-electron chi connectivity index (χ0n) is 19.7. The highest BCUT2D eigenvalue weighted by Crippen LogP contribution is 2.34. The number of fused-ring (bicyclic) bond motifs is 2. The smallest absolute Gasteiger partial charge is 0.392 e. The van der Waals surface area contributed by atoms with Crippen LogP contribution in [-0.2, 0) is 15.7 Å². The summed E-state index contributed by atoms with van der Waals surface area (Å²) in [5, 5.41) is 21.5. The predicted molar refractivity (Wildman–Crippen MR) is 124 cm³/mol. The molecule has 2 aromatic rings. The second-order valence-corrected chi connectivity index (χ2v) is 9.76. The average Bonchev–Trinajstić information content (AvgIpc) is 2.85. The van der Waals surface area contributed by atoms with Crippen molar-refractivity contribution in [1.82, 2.24) is 25.4 Å². The molecule has 3 aliphatic rings. The highest BCUT2D eigenvalue weighted by Gasteiger charge is 2.40. The number of ether oxygens (including phenoxy) is 1. The van der Waals surface area contributed by atoms with Crippen molar-refractivity contribution >= 4 is 11.9 Å². The number of anilines is 1. The minimum absolute atomic E-state index is 0.0222. The Hall–Kier alpha value is -2.83. The number of carbonyl (C=O) groups excluding carboxylic acids is 1. The SMILES string of the molecule is O=C(CN1CCN(c2nncc(-c3ccc(C(F)(F)F)cc3)n2)CC1)NC1CC2COCC(C1)C2O. The number of alkyl halides is 3. The van der Waals surface area contributed by atoms with E-state index >= 15 is 0 Å². The molecule has 194 valence electrons. The third-order valence-electron chi connectivity index (χ3n) is 7.25. The van der Waals surface area contributed by atoms with Gasteiger partial charge < -0.3 is 20.1 Å². The van der Waals surface area contributed by atoms with Crippen LogP contribution in [0.3, 0.4) is 0 Å². The third kappa shape index (κ3) is 5.60. The number of carbonyl (C=O) groups is 1.